The summed E-state index contributed by atoms with van der Waals surface area (Å²) in [5, 5.41) is 8.89. The third kappa shape index (κ3) is 2.74. The number of fused-ring (bicyclic) bond motifs is 1. The molecule has 2 fully saturated rings. The molecule has 2 aliphatic rings. The number of hydrogen-bond donors (Lipinski definition) is 1. The fraction of sp³-hybridized carbons (Fsp3) is 0.867. The minimum absolute atomic E-state index is 0.0190. The maximum absolute atomic E-state index is 8.89. The van der Waals surface area contributed by atoms with Gasteiger partial charge in [0.05, 0.1) is 5.60 Å². The fourth-order valence-electron chi connectivity index (χ4n) is 3.74. The molecule has 0 aromatic rings. The van der Waals surface area contributed by atoms with Crippen LogP contribution >= 0.6 is 0 Å². The summed E-state index contributed by atoms with van der Waals surface area (Å²) >= 11 is 0. The number of aliphatic hydroxyl groups excluding tert-OH is 1. The van der Waals surface area contributed by atoms with Gasteiger partial charge in [0, 0.05) is 0 Å². The van der Waals surface area contributed by atoms with E-state index in [4.69, 9.17) is 9.84 Å². The zero-order chi connectivity index (χ0) is 13.1. The topological polar surface area (TPSA) is 29.5 Å². The summed E-state index contributed by atoms with van der Waals surface area (Å²) in [5.74, 6) is 3.16. The van der Waals surface area contributed by atoms with Crippen LogP contribution < -0.4 is 0 Å². The van der Waals surface area contributed by atoms with Gasteiger partial charge in [-0.3, -0.25) is 0 Å². The summed E-state index contributed by atoms with van der Waals surface area (Å²) in [5.41, 5.74) is 0.0190. The SMILES string of the molecule is C=C.CCC(C)CC1CCC2C1C2(C)OCO. The molecular weight excluding hydrogens is 212 g/mol. The Labute approximate surface area is 106 Å². The molecule has 0 saturated heterocycles. The molecule has 2 saturated carbocycles. The van der Waals surface area contributed by atoms with Crippen LogP contribution in [0, 0.1) is 23.7 Å². The van der Waals surface area contributed by atoms with Crippen LogP contribution in [0.5, 0.6) is 0 Å². The molecule has 2 heteroatoms. The molecule has 2 aliphatic carbocycles. The van der Waals surface area contributed by atoms with Crippen molar-refractivity contribution in [2.24, 2.45) is 23.7 Å². The zero-order valence-electron chi connectivity index (χ0n) is 11.6. The van der Waals surface area contributed by atoms with Crippen LogP contribution in [-0.2, 0) is 4.74 Å². The van der Waals surface area contributed by atoms with Gasteiger partial charge in [-0.1, -0.05) is 20.3 Å². The van der Waals surface area contributed by atoms with E-state index in [0.29, 0.717) is 0 Å². The second kappa shape index (κ2) is 6.01. The minimum atomic E-state index is -0.112. The van der Waals surface area contributed by atoms with Crippen LogP contribution in [0.25, 0.3) is 0 Å². The van der Waals surface area contributed by atoms with E-state index >= 15 is 0 Å². The monoisotopic (exact) mass is 240 g/mol. The average molecular weight is 240 g/mol. The first-order chi connectivity index (χ1) is 8.13. The smallest absolute Gasteiger partial charge is 0.144 e. The predicted octanol–water partition coefficient (Wildman–Crippen LogP) is 3.61. The van der Waals surface area contributed by atoms with Crippen molar-refractivity contribution in [3.05, 3.63) is 13.2 Å². The molecule has 0 aliphatic heterocycles. The highest BCUT2D eigenvalue weighted by Gasteiger charge is 2.67. The van der Waals surface area contributed by atoms with Crippen LogP contribution in [0.15, 0.2) is 13.2 Å². The van der Waals surface area contributed by atoms with E-state index in [9.17, 15) is 0 Å². The molecular formula is C15H28O2. The van der Waals surface area contributed by atoms with Gasteiger partial charge in [-0.2, -0.15) is 0 Å². The Morgan fingerprint density at radius 3 is 2.59 bits per heavy atom. The van der Waals surface area contributed by atoms with Gasteiger partial charge < -0.3 is 9.84 Å². The van der Waals surface area contributed by atoms with Gasteiger partial charge in [-0.25, -0.2) is 0 Å². The van der Waals surface area contributed by atoms with E-state index in [2.05, 4.69) is 33.9 Å². The maximum atomic E-state index is 8.89. The van der Waals surface area contributed by atoms with Crippen LogP contribution in [0.4, 0.5) is 0 Å². The summed E-state index contributed by atoms with van der Waals surface area (Å²) in [6.45, 7) is 12.7. The molecule has 0 spiro atoms. The highest BCUT2D eigenvalue weighted by Crippen LogP contribution is 2.66. The summed E-state index contributed by atoms with van der Waals surface area (Å²) in [6, 6.07) is 0. The summed E-state index contributed by atoms with van der Waals surface area (Å²) in [7, 11) is 0. The molecule has 0 aromatic carbocycles. The van der Waals surface area contributed by atoms with Crippen LogP contribution in [0.3, 0.4) is 0 Å². The van der Waals surface area contributed by atoms with E-state index in [1.165, 1.54) is 25.7 Å². The lowest BCUT2D eigenvalue weighted by molar-refractivity contribution is -0.0772. The third-order valence-electron chi connectivity index (χ3n) is 4.86. The number of rotatable bonds is 5. The lowest BCUT2D eigenvalue weighted by Gasteiger charge is -2.22. The van der Waals surface area contributed by atoms with Crippen LogP contribution in [0.2, 0.25) is 0 Å². The molecule has 2 nitrogen and oxygen atoms in total. The second-order valence-corrected chi connectivity index (χ2v) is 5.68. The molecule has 100 valence electrons. The van der Waals surface area contributed by atoms with Gasteiger partial charge in [0.2, 0.25) is 0 Å². The van der Waals surface area contributed by atoms with Crippen molar-refractivity contribution >= 4 is 0 Å². The van der Waals surface area contributed by atoms with Gasteiger partial charge in [0.15, 0.2) is 0 Å². The Bertz CT molecular complexity index is 241. The lowest BCUT2D eigenvalue weighted by Crippen LogP contribution is -2.21. The predicted molar refractivity (Wildman–Crippen MR) is 71.6 cm³/mol. The Hall–Kier alpha value is -0.340. The number of ether oxygens (including phenoxy) is 1. The highest BCUT2D eigenvalue weighted by molar-refractivity contribution is 5.16. The van der Waals surface area contributed by atoms with Crippen molar-refractivity contribution in [1.82, 2.24) is 0 Å². The first kappa shape index (κ1) is 14.7. The van der Waals surface area contributed by atoms with Gasteiger partial charge in [-0.15, -0.1) is 13.2 Å². The second-order valence-electron chi connectivity index (χ2n) is 5.68. The molecule has 0 amide bonds. The van der Waals surface area contributed by atoms with Crippen LogP contribution in [0.1, 0.15) is 46.5 Å². The molecule has 1 N–H and O–H groups in total. The Morgan fingerprint density at radius 2 is 2.06 bits per heavy atom. The standard InChI is InChI=1S/C13H24O2.C2H4/c1-4-9(2)7-10-5-6-11-12(10)13(11,3)15-8-14;1-2/h9-12,14H,4-8H2,1-3H3;1-2H2. The molecule has 5 unspecified atom stereocenters. The van der Waals surface area contributed by atoms with E-state index in [1.807, 2.05) is 0 Å². The van der Waals surface area contributed by atoms with E-state index < -0.39 is 0 Å². The average Bonchev–Trinajstić information content (AvgIpc) is 2.72. The number of hydrogen-bond acceptors (Lipinski definition) is 2. The Morgan fingerprint density at radius 1 is 1.41 bits per heavy atom. The normalized spacial score (nSPS) is 40.1. The lowest BCUT2D eigenvalue weighted by atomic mass is 9.88. The fourth-order valence-corrected chi connectivity index (χ4v) is 3.74. The molecule has 0 radical (unpaired) electrons. The summed E-state index contributed by atoms with van der Waals surface area (Å²) in [6.07, 6.45) is 5.32. The van der Waals surface area contributed by atoms with Crippen LogP contribution in [-0.4, -0.2) is 17.5 Å². The van der Waals surface area contributed by atoms with E-state index in [-0.39, 0.29) is 12.4 Å². The molecule has 5 atom stereocenters. The minimum Gasteiger partial charge on any atom is -0.371 e. The quantitative estimate of drug-likeness (QED) is 0.587. The molecule has 2 rings (SSSR count). The number of aliphatic hydroxyl groups is 1. The molecule has 0 heterocycles. The Kier molecular flexibility index (Phi) is 5.21. The maximum Gasteiger partial charge on any atom is 0.144 e. The van der Waals surface area contributed by atoms with Gasteiger partial charge in [0.25, 0.3) is 0 Å². The van der Waals surface area contributed by atoms with Gasteiger partial charge in [0.1, 0.15) is 6.79 Å². The third-order valence-corrected chi connectivity index (χ3v) is 4.86. The first-order valence-corrected chi connectivity index (χ1v) is 6.88. The molecule has 0 aromatic heterocycles. The summed E-state index contributed by atoms with van der Waals surface area (Å²) < 4.78 is 5.51. The highest BCUT2D eigenvalue weighted by atomic mass is 16.6. The van der Waals surface area contributed by atoms with Crippen molar-refractivity contribution in [3.8, 4) is 0 Å². The molecule has 0 bridgehead atoms. The van der Waals surface area contributed by atoms with E-state index in [1.54, 1.807) is 0 Å². The summed E-state index contributed by atoms with van der Waals surface area (Å²) in [4.78, 5) is 0. The van der Waals surface area contributed by atoms with Crippen molar-refractivity contribution in [2.45, 2.75) is 52.1 Å². The van der Waals surface area contributed by atoms with Crippen molar-refractivity contribution in [1.29, 1.82) is 0 Å². The first-order valence-electron chi connectivity index (χ1n) is 6.88. The Balaban J connectivity index is 0.000000686. The largest absolute Gasteiger partial charge is 0.371 e. The van der Waals surface area contributed by atoms with Gasteiger partial charge >= 0.3 is 0 Å². The van der Waals surface area contributed by atoms with Gasteiger partial charge in [-0.05, 0) is 49.9 Å². The zero-order valence-corrected chi connectivity index (χ0v) is 11.6. The van der Waals surface area contributed by atoms with Crippen molar-refractivity contribution in [3.63, 3.8) is 0 Å². The van der Waals surface area contributed by atoms with Crippen molar-refractivity contribution < 1.29 is 9.84 Å². The van der Waals surface area contributed by atoms with Crippen molar-refractivity contribution in [2.75, 3.05) is 6.79 Å². The van der Waals surface area contributed by atoms with E-state index in [0.717, 1.165) is 23.7 Å². The molecule has 17 heavy (non-hydrogen) atoms.